The van der Waals surface area contributed by atoms with Crippen LogP contribution in [0, 0.1) is 0 Å². The van der Waals surface area contributed by atoms with Crippen molar-refractivity contribution in [3.63, 3.8) is 0 Å². The van der Waals surface area contributed by atoms with Crippen molar-refractivity contribution in [1.29, 1.82) is 0 Å². The minimum Gasteiger partial charge on any atom is -0.459 e. The van der Waals surface area contributed by atoms with Crippen molar-refractivity contribution in [2.75, 3.05) is 11.5 Å². The Hall–Kier alpha value is -3.15. The van der Waals surface area contributed by atoms with Crippen molar-refractivity contribution in [2.24, 2.45) is 0 Å². The van der Waals surface area contributed by atoms with Crippen molar-refractivity contribution in [2.45, 2.75) is 19.8 Å². The molecule has 0 aliphatic heterocycles. The Labute approximate surface area is 146 Å². The second kappa shape index (κ2) is 8.10. The van der Waals surface area contributed by atoms with Gasteiger partial charge < -0.3 is 9.15 Å². The van der Waals surface area contributed by atoms with Crippen molar-refractivity contribution in [3.8, 4) is 0 Å². The Morgan fingerprint density at radius 1 is 1.00 bits per heavy atom. The van der Waals surface area contributed by atoms with Crippen LogP contribution < -0.4 is 4.90 Å². The van der Waals surface area contributed by atoms with Crippen LogP contribution in [0.15, 0.2) is 65.1 Å². The Balaban J connectivity index is 1.89. The van der Waals surface area contributed by atoms with Crippen molar-refractivity contribution < 1.29 is 13.9 Å². The van der Waals surface area contributed by atoms with Gasteiger partial charge in [0.05, 0.1) is 18.0 Å². The molecule has 25 heavy (non-hydrogen) atoms. The lowest BCUT2D eigenvalue weighted by atomic mass is 10.2. The first kappa shape index (κ1) is 16.7. The average molecular weight is 337 g/mol. The largest absolute Gasteiger partial charge is 0.459 e. The predicted molar refractivity (Wildman–Crippen MR) is 94.2 cm³/mol. The Morgan fingerprint density at radius 2 is 1.60 bits per heavy atom. The molecule has 0 fully saturated rings. The van der Waals surface area contributed by atoms with E-state index in [4.69, 9.17) is 9.15 Å². The van der Waals surface area contributed by atoms with E-state index >= 15 is 0 Å². The fourth-order valence-corrected chi connectivity index (χ4v) is 2.28. The van der Waals surface area contributed by atoms with Crippen LogP contribution in [-0.4, -0.2) is 22.8 Å². The first-order valence-electron chi connectivity index (χ1n) is 8.20. The Kier molecular flexibility index (Phi) is 5.41. The molecule has 3 rings (SSSR count). The van der Waals surface area contributed by atoms with Gasteiger partial charge in [0, 0.05) is 0 Å². The van der Waals surface area contributed by atoms with E-state index in [9.17, 15) is 4.79 Å². The Bertz CT molecular complexity index is 764. The average Bonchev–Trinajstić information content (AvgIpc) is 3.14. The minimum absolute atomic E-state index is 0.150. The zero-order valence-corrected chi connectivity index (χ0v) is 14.0. The number of unbranched alkanes of at least 4 members (excludes halogenated alkanes) is 1. The van der Waals surface area contributed by atoms with E-state index in [1.54, 1.807) is 4.90 Å². The molecule has 0 saturated carbocycles. The van der Waals surface area contributed by atoms with E-state index < -0.39 is 5.97 Å². The first-order chi connectivity index (χ1) is 12.3. The molecule has 0 unspecified atom stereocenters. The molecule has 0 aliphatic carbocycles. The number of nitrogens with zero attached hydrogens (tertiary/aromatic N) is 3. The smallest absolute Gasteiger partial charge is 0.396 e. The number of esters is 1. The maximum Gasteiger partial charge on any atom is 0.396 e. The summed E-state index contributed by atoms with van der Waals surface area (Å²) in [4.78, 5) is 13.8. The van der Waals surface area contributed by atoms with Crippen LogP contribution in [0.5, 0.6) is 0 Å². The van der Waals surface area contributed by atoms with Crippen molar-refractivity contribution >= 4 is 23.4 Å². The zero-order chi connectivity index (χ0) is 17.5. The van der Waals surface area contributed by atoms with Crippen LogP contribution in [0.1, 0.15) is 30.5 Å². The highest BCUT2D eigenvalue weighted by atomic mass is 16.5. The van der Waals surface area contributed by atoms with Gasteiger partial charge in [0.2, 0.25) is 0 Å². The van der Waals surface area contributed by atoms with Crippen molar-refractivity contribution in [1.82, 2.24) is 10.2 Å². The molecule has 0 N–H and O–H groups in total. The summed E-state index contributed by atoms with van der Waals surface area (Å²) in [7, 11) is 0. The Morgan fingerprint density at radius 3 is 2.16 bits per heavy atom. The molecular formula is C19H19N3O3. The zero-order valence-electron chi connectivity index (χ0n) is 14.0. The topological polar surface area (TPSA) is 68.5 Å². The molecule has 0 aliphatic rings. The number of carbonyl (C=O) groups excluding carboxylic acids is 1. The van der Waals surface area contributed by atoms with E-state index in [1.165, 1.54) is 0 Å². The van der Waals surface area contributed by atoms with E-state index in [1.807, 2.05) is 67.6 Å². The molecule has 1 aromatic heterocycles. The monoisotopic (exact) mass is 337 g/mol. The van der Waals surface area contributed by atoms with Crippen LogP contribution in [0.2, 0.25) is 0 Å². The lowest BCUT2D eigenvalue weighted by Gasteiger charge is -2.20. The second-order valence-corrected chi connectivity index (χ2v) is 5.39. The van der Waals surface area contributed by atoms with E-state index in [2.05, 4.69) is 10.2 Å². The van der Waals surface area contributed by atoms with Gasteiger partial charge in [0.15, 0.2) is 0 Å². The molecule has 0 atom stereocenters. The van der Waals surface area contributed by atoms with Crippen LogP contribution in [0.3, 0.4) is 0 Å². The normalized spacial score (nSPS) is 10.4. The van der Waals surface area contributed by atoms with Gasteiger partial charge in [-0.15, -0.1) is 0 Å². The number of rotatable bonds is 7. The van der Waals surface area contributed by atoms with Crippen LogP contribution in [0.25, 0.3) is 0 Å². The summed E-state index contributed by atoms with van der Waals surface area (Å²) in [6.45, 7) is 2.37. The van der Waals surface area contributed by atoms with E-state index in [0.717, 1.165) is 24.2 Å². The number of hydrogen-bond acceptors (Lipinski definition) is 6. The van der Waals surface area contributed by atoms with Gasteiger partial charge in [-0.3, -0.25) is 4.90 Å². The maximum atomic E-state index is 12.0. The van der Waals surface area contributed by atoms with Crippen LogP contribution >= 0.6 is 0 Å². The first-order valence-corrected chi connectivity index (χ1v) is 8.20. The molecule has 6 nitrogen and oxygen atoms in total. The lowest BCUT2D eigenvalue weighted by molar-refractivity contribution is 0.0455. The molecule has 3 aromatic rings. The third-order valence-electron chi connectivity index (χ3n) is 3.54. The molecule has 0 spiro atoms. The second-order valence-electron chi connectivity index (χ2n) is 5.39. The number of carbonyl (C=O) groups is 1. The number of para-hydroxylation sites is 2. The van der Waals surface area contributed by atoms with E-state index in [-0.39, 0.29) is 11.9 Å². The molecule has 0 amide bonds. The molecule has 1 heterocycles. The quantitative estimate of drug-likeness (QED) is 0.467. The summed E-state index contributed by atoms with van der Waals surface area (Å²) in [5, 5.41) is 7.86. The number of aromatic nitrogens is 2. The van der Waals surface area contributed by atoms with Gasteiger partial charge in [-0.05, 0) is 30.7 Å². The number of benzene rings is 2. The van der Waals surface area contributed by atoms with Crippen molar-refractivity contribution in [3.05, 3.63) is 66.6 Å². The summed E-state index contributed by atoms with van der Waals surface area (Å²) in [5.74, 6) is -0.753. The van der Waals surface area contributed by atoms with Gasteiger partial charge in [-0.1, -0.05) is 59.9 Å². The van der Waals surface area contributed by atoms with E-state index in [0.29, 0.717) is 6.61 Å². The van der Waals surface area contributed by atoms with Crippen LogP contribution in [-0.2, 0) is 4.74 Å². The lowest BCUT2D eigenvalue weighted by Crippen LogP contribution is -2.10. The summed E-state index contributed by atoms with van der Waals surface area (Å²) in [6, 6.07) is 19.4. The molecule has 0 bridgehead atoms. The van der Waals surface area contributed by atoms with Gasteiger partial charge in [-0.2, -0.15) is 0 Å². The number of ether oxygens (including phenoxy) is 1. The third kappa shape index (κ3) is 4.03. The minimum atomic E-state index is -0.603. The summed E-state index contributed by atoms with van der Waals surface area (Å²) in [5.41, 5.74) is 1.70. The molecular weight excluding hydrogens is 318 g/mol. The SMILES string of the molecule is CCCCOC(=O)c1nnc(N(c2ccccc2)c2ccccc2)o1. The fourth-order valence-electron chi connectivity index (χ4n) is 2.28. The van der Waals surface area contributed by atoms with Gasteiger partial charge in [-0.25, -0.2) is 4.79 Å². The van der Waals surface area contributed by atoms with Gasteiger partial charge in [0.25, 0.3) is 0 Å². The summed E-state index contributed by atoms with van der Waals surface area (Å²) >= 11 is 0. The predicted octanol–water partition coefficient (Wildman–Crippen LogP) is 4.50. The number of hydrogen-bond donors (Lipinski definition) is 0. The van der Waals surface area contributed by atoms with Gasteiger partial charge >= 0.3 is 17.9 Å². The highest BCUT2D eigenvalue weighted by molar-refractivity contribution is 5.84. The molecule has 0 radical (unpaired) electrons. The number of anilines is 3. The van der Waals surface area contributed by atoms with Gasteiger partial charge in [0.1, 0.15) is 0 Å². The molecule has 2 aromatic carbocycles. The van der Waals surface area contributed by atoms with Crippen LogP contribution in [0.4, 0.5) is 17.4 Å². The molecule has 6 heteroatoms. The molecule has 0 saturated heterocycles. The third-order valence-corrected chi connectivity index (χ3v) is 3.54. The maximum absolute atomic E-state index is 12.0. The summed E-state index contributed by atoms with van der Waals surface area (Å²) < 4.78 is 10.7. The highest BCUT2D eigenvalue weighted by Gasteiger charge is 2.22. The fraction of sp³-hybridized carbons (Fsp3) is 0.211. The standard InChI is InChI=1S/C19H19N3O3/c1-2-3-14-24-18(23)17-20-21-19(25-17)22(15-10-6-4-7-11-15)16-12-8-5-9-13-16/h4-13H,2-3,14H2,1H3. The summed E-state index contributed by atoms with van der Waals surface area (Å²) in [6.07, 6.45) is 1.74. The highest BCUT2D eigenvalue weighted by Crippen LogP contribution is 2.32. The molecule has 128 valence electrons.